The Morgan fingerprint density at radius 1 is 1.33 bits per heavy atom. The first-order valence-corrected chi connectivity index (χ1v) is 11.0. The van der Waals surface area contributed by atoms with Gasteiger partial charge in [0.05, 0.1) is 12.4 Å². The van der Waals surface area contributed by atoms with Crippen molar-refractivity contribution in [1.29, 1.82) is 0 Å². The minimum Gasteiger partial charge on any atom is -0.459 e. The number of carbonyl (C=O) groups is 2. The molecule has 27 heavy (non-hydrogen) atoms. The Labute approximate surface area is 164 Å². The third-order valence-electron chi connectivity index (χ3n) is 5.13. The van der Waals surface area contributed by atoms with Crippen LogP contribution in [0.1, 0.15) is 29.8 Å². The second kappa shape index (κ2) is 10.1. The van der Waals surface area contributed by atoms with Gasteiger partial charge < -0.3 is 19.4 Å². The molecule has 150 valence electrons. The molecule has 0 bridgehead atoms. The van der Waals surface area contributed by atoms with E-state index >= 15 is 0 Å². The van der Waals surface area contributed by atoms with E-state index < -0.39 is 6.04 Å². The number of furan rings is 1. The third-order valence-corrected chi connectivity index (χ3v) is 5.77. The average molecular weight is 396 g/mol. The summed E-state index contributed by atoms with van der Waals surface area (Å²) in [5.41, 5.74) is 0. The van der Waals surface area contributed by atoms with Gasteiger partial charge >= 0.3 is 0 Å². The number of rotatable bonds is 8. The Hall–Kier alpha value is -1.51. The van der Waals surface area contributed by atoms with Crippen LogP contribution in [-0.2, 0) is 9.53 Å². The second-order valence-electron chi connectivity index (χ2n) is 7.05. The Morgan fingerprint density at radius 2 is 2.15 bits per heavy atom. The molecule has 2 atom stereocenters. The van der Waals surface area contributed by atoms with Crippen molar-refractivity contribution >= 4 is 23.6 Å². The summed E-state index contributed by atoms with van der Waals surface area (Å²) in [7, 11) is 0. The molecule has 0 unspecified atom stereocenters. The molecule has 3 rings (SSSR count). The monoisotopic (exact) mass is 395 g/mol. The summed E-state index contributed by atoms with van der Waals surface area (Å²) in [5.74, 6) is 0.712. The number of piperazine rings is 1. The van der Waals surface area contributed by atoms with E-state index in [9.17, 15) is 9.59 Å². The van der Waals surface area contributed by atoms with Crippen molar-refractivity contribution in [2.75, 3.05) is 51.3 Å². The van der Waals surface area contributed by atoms with Crippen LogP contribution in [0.3, 0.4) is 0 Å². The number of carbonyl (C=O) groups excluding carboxylic acids is 2. The van der Waals surface area contributed by atoms with Gasteiger partial charge in [0.1, 0.15) is 6.04 Å². The molecular formula is C19H29N3O4S. The van der Waals surface area contributed by atoms with Crippen LogP contribution in [0.15, 0.2) is 22.8 Å². The smallest absolute Gasteiger partial charge is 0.287 e. The van der Waals surface area contributed by atoms with Gasteiger partial charge in [0, 0.05) is 39.3 Å². The highest BCUT2D eigenvalue weighted by Crippen LogP contribution is 2.15. The van der Waals surface area contributed by atoms with Gasteiger partial charge in [-0.1, -0.05) is 0 Å². The third kappa shape index (κ3) is 5.73. The van der Waals surface area contributed by atoms with Gasteiger partial charge in [-0.15, -0.1) is 0 Å². The molecule has 2 fully saturated rings. The van der Waals surface area contributed by atoms with Crippen molar-refractivity contribution in [1.82, 2.24) is 15.1 Å². The van der Waals surface area contributed by atoms with Gasteiger partial charge in [0.2, 0.25) is 5.91 Å². The quantitative estimate of drug-likeness (QED) is 0.718. The Balaban J connectivity index is 1.51. The van der Waals surface area contributed by atoms with Crippen LogP contribution in [0.4, 0.5) is 0 Å². The fourth-order valence-electron chi connectivity index (χ4n) is 3.58. The number of nitrogens with zero attached hydrogens (tertiary/aromatic N) is 2. The molecule has 2 amide bonds. The zero-order valence-electron chi connectivity index (χ0n) is 15.9. The van der Waals surface area contributed by atoms with Gasteiger partial charge in [-0.2, -0.15) is 11.8 Å². The Morgan fingerprint density at radius 3 is 2.78 bits per heavy atom. The molecule has 0 aromatic carbocycles. The molecule has 8 heteroatoms. The standard InChI is InChI=1S/C19H29N3O4S/c1-27-13-6-16(20-18(23)17-5-3-12-26-17)19(24)22-9-7-21(8-10-22)14-15-4-2-11-25-15/h3,5,12,15-16H,2,4,6-11,13-14H2,1H3,(H,20,23)/t15-,16+/m0/s1. The lowest BCUT2D eigenvalue weighted by atomic mass is 10.1. The van der Waals surface area contributed by atoms with Crippen molar-refractivity contribution in [3.05, 3.63) is 24.2 Å². The minimum absolute atomic E-state index is 0.000669. The van der Waals surface area contributed by atoms with Gasteiger partial charge in [-0.05, 0) is 43.4 Å². The zero-order chi connectivity index (χ0) is 19.1. The van der Waals surface area contributed by atoms with E-state index in [-0.39, 0.29) is 17.6 Å². The summed E-state index contributed by atoms with van der Waals surface area (Å²) >= 11 is 1.67. The maximum absolute atomic E-state index is 13.0. The topological polar surface area (TPSA) is 75.0 Å². The maximum Gasteiger partial charge on any atom is 0.287 e. The van der Waals surface area contributed by atoms with E-state index in [0.29, 0.717) is 25.6 Å². The summed E-state index contributed by atoms with van der Waals surface area (Å²) in [5, 5.41) is 2.85. The normalized spacial score (nSPS) is 22.0. The molecule has 0 saturated carbocycles. The predicted octanol–water partition coefficient (Wildman–Crippen LogP) is 1.45. The minimum atomic E-state index is -0.514. The molecule has 2 aliphatic heterocycles. The highest BCUT2D eigenvalue weighted by Gasteiger charge is 2.30. The molecule has 1 aromatic heterocycles. The van der Waals surface area contributed by atoms with Crippen LogP contribution in [0, 0.1) is 0 Å². The SMILES string of the molecule is CSCC[C@@H](NC(=O)c1ccco1)C(=O)N1CCN(C[C@@H]2CCCO2)CC1. The molecule has 1 N–H and O–H groups in total. The number of thioether (sulfide) groups is 1. The summed E-state index contributed by atoms with van der Waals surface area (Å²) in [6.45, 7) is 4.92. The molecular weight excluding hydrogens is 366 g/mol. The molecule has 1 aromatic rings. The zero-order valence-corrected chi connectivity index (χ0v) is 16.7. The molecule has 7 nitrogen and oxygen atoms in total. The lowest BCUT2D eigenvalue weighted by molar-refractivity contribution is -0.135. The van der Waals surface area contributed by atoms with Crippen molar-refractivity contribution in [3.63, 3.8) is 0 Å². The fourth-order valence-corrected chi connectivity index (χ4v) is 4.05. The molecule has 0 aliphatic carbocycles. The van der Waals surface area contributed by atoms with Crippen molar-refractivity contribution in [3.8, 4) is 0 Å². The highest BCUT2D eigenvalue weighted by atomic mass is 32.2. The van der Waals surface area contributed by atoms with Crippen molar-refractivity contribution < 1.29 is 18.7 Å². The van der Waals surface area contributed by atoms with Gasteiger partial charge in [0.15, 0.2) is 5.76 Å². The van der Waals surface area contributed by atoms with E-state index in [1.165, 1.54) is 6.26 Å². The summed E-state index contributed by atoms with van der Waals surface area (Å²) in [6.07, 6.45) is 6.70. The number of ether oxygens (including phenoxy) is 1. The molecule has 2 saturated heterocycles. The number of nitrogens with one attached hydrogen (secondary N) is 1. The van der Waals surface area contributed by atoms with Gasteiger partial charge in [-0.3, -0.25) is 14.5 Å². The lowest BCUT2D eigenvalue weighted by Crippen LogP contribution is -2.55. The first-order valence-electron chi connectivity index (χ1n) is 9.63. The summed E-state index contributed by atoms with van der Waals surface area (Å²) in [4.78, 5) is 29.5. The van der Waals surface area contributed by atoms with Crippen LogP contribution >= 0.6 is 11.8 Å². The van der Waals surface area contributed by atoms with Crippen LogP contribution in [0.5, 0.6) is 0 Å². The maximum atomic E-state index is 13.0. The van der Waals surface area contributed by atoms with E-state index in [0.717, 1.165) is 44.8 Å². The van der Waals surface area contributed by atoms with Gasteiger partial charge in [-0.25, -0.2) is 0 Å². The van der Waals surface area contributed by atoms with Crippen molar-refractivity contribution in [2.45, 2.75) is 31.4 Å². The van der Waals surface area contributed by atoms with Gasteiger partial charge in [0.25, 0.3) is 5.91 Å². The molecule has 3 heterocycles. The first kappa shape index (κ1) is 20.2. The molecule has 2 aliphatic rings. The lowest BCUT2D eigenvalue weighted by Gasteiger charge is -2.37. The molecule has 0 radical (unpaired) electrons. The largest absolute Gasteiger partial charge is 0.459 e. The molecule has 0 spiro atoms. The number of hydrogen-bond acceptors (Lipinski definition) is 6. The number of amides is 2. The van der Waals surface area contributed by atoms with Crippen molar-refractivity contribution in [2.24, 2.45) is 0 Å². The summed E-state index contributed by atoms with van der Waals surface area (Å²) < 4.78 is 10.9. The van der Waals surface area contributed by atoms with E-state index in [2.05, 4.69) is 10.2 Å². The second-order valence-corrected chi connectivity index (χ2v) is 8.03. The van der Waals surface area contributed by atoms with E-state index in [1.807, 2.05) is 11.2 Å². The Kier molecular flexibility index (Phi) is 7.60. The van der Waals surface area contributed by atoms with Crippen LogP contribution < -0.4 is 5.32 Å². The highest BCUT2D eigenvalue weighted by molar-refractivity contribution is 7.98. The average Bonchev–Trinajstić information content (AvgIpc) is 3.39. The fraction of sp³-hybridized carbons (Fsp3) is 0.684. The number of hydrogen-bond donors (Lipinski definition) is 1. The summed E-state index contributed by atoms with van der Waals surface area (Å²) in [6, 6.07) is 2.76. The van der Waals surface area contributed by atoms with Crippen LogP contribution in [0.25, 0.3) is 0 Å². The Bertz CT molecular complexity index is 596. The van der Waals surface area contributed by atoms with E-state index in [1.54, 1.807) is 23.9 Å². The predicted molar refractivity (Wildman–Crippen MR) is 105 cm³/mol. The van der Waals surface area contributed by atoms with E-state index in [4.69, 9.17) is 9.15 Å². The first-order chi connectivity index (χ1) is 13.2. The van der Waals surface area contributed by atoms with Crippen LogP contribution in [0.2, 0.25) is 0 Å². The van der Waals surface area contributed by atoms with Crippen LogP contribution in [-0.4, -0.2) is 85.1 Å².